The number of hydrogen-bond acceptors (Lipinski definition) is 5. The van der Waals surface area contributed by atoms with Crippen molar-refractivity contribution in [1.82, 2.24) is 0 Å². The molecule has 0 radical (unpaired) electrons. The molecule has 2 aromatic carbocycles. The molecule has 0 unspecified atom stereocenters. The summed E-state index contributed by atoms with van der Waals surface area (Å²) in [4.78, 5) is 0.145. The van der Waals surface area contributed by atoms with Gasteiger partial charge in [0.2, 0.25) is 0 Å². The summed E-state index contributed by atoms with van der Waals surface area (Å²) in [6.45, 7) is 2.76. The van der Waals surface area contributed by atoms with Gasteiger partial charge in [0.1, 0.15) is 12.4 Å². The van der Waals surface area contributed by atoms with Crippen molar-refractivity contribution in [2.24, 2.45) is 0 Å². The standard InChI is InChI=1S/C17H19BrO5S/c1-14-2-8-17(9-3-14)24(19,20)23-13-11-21-10-12-22-16-6-4-15(18)5-7-16/h2-9H,10-13H2,1H3. The summed E-state index contributed by atoms with van der Waals surface area (Å²) < 4.78 is 40.6. The maximum absolute atomic E-state index is 11.9. The minimum Gasteiger partial charge on any atom is -0.491 e. The van der Waals surface area contributed by atoms with Crippen LogP contribution >= 0.6 is 15.9 Å². The summed E-state index contributed by atoms with van der Waals surface area (Å²) in [6.07, 6.45) is 0. The monoisotopic (exact) mass is 414 g/mol. The molecule has 2 aromatic rings. The molecule has 5 nitrogen and oxygen atoms in total. The van der Waals surface area contributed by atoms with Crippen molar-refractivity contribution in [3.05, 3.63) is 58.6 Å². The van der Waals surface area contributed by atoms with E-state index in [1.807, 2.05) is 31.2 Å². The molecule has 0 bridgehead atoms. The topological polar surface area (TPSA) is 61.8 Å². The van der Waals surface area contributed by atoms with Crippen LogP contribution in [0.4, 0.5) is 0 Å². The van der Waals surface area contributed by atoms with Crippen molar-refractivity contribution in [2.45, 2.75) is 11.8 Å². The molecule has 0 aliphatic rings. The Morgan fingerprint density at radius 2 is 1.50 bits per heavy atom. The van der Waals surface area contributed by atoms with Gasteiger partial charge in [0.25, 0.3) is 10.1 Å². The molecular weight excluding hydrogens is 396 g/mol. The van der Waals surface area contributed by atoms with Crippen molar-refractivity contribution in [3.63, 3.8) is 0 Å². The Kier molecular flexibility index (Phi) is 7.23. The van der Waals surface area contributed by atoms with Crippen molar-refractivity contribution < 1.29 is 22.1 Å². The molecule has 0 heterocycles. The van der Waals surface area contributed by atoms with Crippen LogP contribution in [0, 0.1) is 6.92 Å². The van der Waals surface area contributed by atoms with Gasteiger partial charge in [-0.25, -0.2) is 0 Å². The van der Waals surface area contributed by atoms with Crippen LogP contribution in [-0.4, -0.2) is 34.8 Å². The Hall–Kier alpha value is -1.41. The van der Waals surface area contributed by atoms with Crippen LogP contribution in [0.15, 0.2) is 57.9 Å². The Morgan fingerprint density at radius 3 is 2.17 bits per heavy atom. The van der Waals surface area contributed by atoms with Gasteiger partial charge in [0, 0.05) is 4.47 Å². The minimum atomic E-state index is -3.73. The van der Waals surface area contributed by atoms with Gasteiger partial charge in [-0.05, 0) is 43.3 Å². The number of aryl methyl sites for hydroxylation is 1. The van der Waals surface area contributed by atoms with E-state index in [4.69, 9.17) is 13.7 Å². The summed E-state index contributed by atoms with van der Waals surface area (Å²) in [7, 11) is -3.73. The van der Waals surface area contributed by atoms with Crippen LogP contribution in [0.2, 0.25) is 0 Å². The summed E-state index contributed by atoms with van der Waals surface area (Å²) in [5.74, 6) is 0.750. The fourth-order valence-electron chi connectivity index (χ4n) is 1.83. The Labute approximate surface area is 150 Å². The van der Waals surface area contributed by atoms with Crippen LogP contribution in [0.1, 0.15) is 5.56 Å². The van der Waals surface area contributed by atoms with Crippen LogP contribution < -0.4 is 4.74 Å². The predicted octanol–water partition coefficient (Wildman–Crippen LogP) is 3.56. The minimum absolute atomic E-state index is 0.0332. The fourth-order valence-corrected chi connectivity index (χ4v) is 2.98. The lowest BCUT2D eigenvalue weighted by Crippen LogP contribution is -2.14. The number of halogens is 1. The highest BCUT2D eigenvalue weighted by molar-refractivity contribution is 9.10. The van der Waals surface area contributed by atoms with Crippen molar-refractivity contribution in [1.29, 1.82) is 0 Å². The second kappa shape index (κ2) is 9.17. The normalized spacial score (nSPS) is 11.4. The Morgan fingerprint density at radius 1 is 0.875 bits per heavy atom. The van der Waals surface area contributed by atoms with E-state index in [9.17, 15) is 8.42 Å². The molecule has 7 heteroatoms. The third kappa shape index (κ3) is 6.24. The summed E-state index contributed by atoms with van der Waals surface area (Å²) >= 11 is 3.35. The second-order valence-corrected chi connectivity index (χ2v) is 7.53. The lowest BCUT2D eigenvalue weighted by atomic mass is 10.2. The first-order chi connectivity index (χ1) is 11.5. The predicted molar refractivity (Wildman–Crippen MR) is 94.8 cm³/mol. The summed E-state index contributed by atoms with van der Waals surface area (Å²) in [6, 6.07) is 14.0. The van der Waals surface area contributed by atoms with Gasteiger partial charge in [-0.3, -0.25) is 4.18 Å². The number of ether oxygens (including phenoxy) is 2. The third-order valence-corrected chi connectivity index (χ3v) is 4.94. The van der Waals surface area contributed by atoms with E-state index < -0.39 is 10.1 Å². The Balaban J connectivity index is 1.62. The molecule has 0 aliphatic heterocycles. The van der Waals surface area contributed by atoms with E-state index in [2.05, 4.69) is 15.9 Å². The average Bonchev–Trinajstić information content (AvgIpc) is 2.56. The average molecular weight is 415 g/mol. The SMILES string of the molecule is Cc1ccc(S(=O)(=O)OCCOCCOc2ccc(Br)cc2)cc1. The van der Waals surface area contributed by atoms with E-state index in [-0.39, 0.29) is 18.1 Å². The van der Waals surface area contributed by atoms with Gasteiger partial charge < -0.3 is 9.47 Å². The molecule has 0 amide bonds. The van der Waals surface area contributed by atoms with Crippen LogP contribution in [0.25, 0.3) is 0 Å². The molecular formula is C17H19BrO5S. The zero-order valence-electron chi connectivity index (χ0n) is 13.3. The fraction of sp³-hybridized carbons (Fsp3) is 0.294. The van der Waals surface area contributed by atoms with Gasteiger partial charge in [0.05, 0.1) is 24.7 Å². The van der Waals surface area contributed by atoms with Gasteiger partial charge in [-0.2, -0.15) is 8.42 Å². The largest absolute Gasteiger partial charge is 0.491 e. The quantitative estimate of drug-likeness (QED) is 0.463. The second-order valence-electron chi connectivity index (χ2n) is 5.00. The van der Waals surface area contributed by atoms with Crippen molar-refractivity contribution >= 4 is 26.0 Å². The smallest absolute Gasteiger partial charge is 0.297 e. The number of rotatable bonds is 9. The number of hydrogen-bond donors (Lipinski definition) is 0. The van der Waals surface area contributed by atoms with E-state index in [0.717, 1.165) is 15.8 Å². The lowest BCUT2D eigenvalue weighted by Gasteiger charge is -2.08. The number of benzene rings is 2. The van der Waals surface area contributed by atoms with Gasteiger partial charge in [-0.1, -0.05) is 33.6 Å². The molecule has 24 heavy (non-hydrogen) atoms. The van der Waals surface area contributed by atoms with E-state index in [1.165, 1.54) is 12.1 Å². The molecule has 0 saturated carbocycles. The van der Waals surface area contributed by atoms with Gasteiger partial charge in [-0.15, -0.1) is 0 Å². The highest BCUT2D eigenvalue weighted by Crippen LogP contribution is 2.16. The molecule has 0 aliphatic carbocycles. The van der Waals surface area contributed by atoms with Crippen LogP contribution in [0.3, 0.4) is 0 Å². The molecule has 0 atom stereocenters. The zero-order chi connectivity index (χ0) is 17.4. The maximum Gasteiger partial charge on any atom is 0.297 e. The van der Waals surface area contributed by atoms with Crippen LogP contribution in [0.5, 0.6) is 5.75 Å². The van der Waals surface area contributed by atoms with Gasteiger partial charge >= 0.3 is 0 Å². The first kappa shape index (κ1) is 18.9. The molecule has 130 valence electrons. The van der Waals surface area contributed by atoms with Crippen LogP contribution in [-0.2, 0) is 19.0 Å². The highest BCUT2D eigenvalue weighted by Gasteiger charge is 2.14. The molecule has 0 saturated heterocycles. The highest BCUT2D eigenvalue weighted by atomic mass is 79.9. The maximum atomic E-state index is 11.9. The van der Waals surface area contributed by atoms with Crippen molar-refractivity contribution in [2.75, 3.05) is 26.4 Å². The van der Waals surface area contributed by atoms with E-state index in [1.54, 1.807) is 12.1 Å². The third-order valence-electron chi connectivity index (χ3n) is 3.09. The zero-order valence-corrected chi connectivity index (χ0v) is 15.7. The first-order valence-electron chi connectivity index (χ1n) is 7.39. The molecule has 2 rings (SSSR count). The van der Waals surface area contributed by atoms with E-state index in [0.29, 0.717) is 13.2 Å². The summed E-state index contributed by atoms with van der Waals surface area (Å²) in [5, 5.41) is 0. The molecule has 0 fully saturated rings. The lowest BCUT2D eigenvalue weighted by molar-refractivity contribution is 0.0779. The Bertz CT molecular complexity index is 727. The van der Waals surface area contributed by atoms with Crippen molar-refractivity contribution in [3.8, 4) is 5.75 Å². The first-order valence-corrected chi connectivity index (χ1v) is 9.60. The van der Waals surface area contributed by atoms with Gasteiger partial charge in [0.15, 0.2) is 0 Å². The van der Waals surface area contributed by atoms with E-state index >= 15 is 0 Å². The summed E-state index contributed by atoms with van der Waals surface area (Å²) in [5.41, 5.74) is 0.989. The molecule has 0 N–H and O–H groups in total. The molecule has 0 aromatic heterocycles. The molecule has 0 spiro atoms.